The first-order chi connectivity index (χ1) is 13.7. The van der Waals surface area contributed by atoms with E-state index in [4.69, 9.17) is 14.2 Å². The predicted molar refractivity (Wildman–Crippen MR) is 103 cm³/mol. The first kappa shape index (κ1) is 18.1. The van der Waals surface area contributed by atoms with Crippen LogP contribution in [-0.4, -0.2) is 53.5 Å². The molecule has 9 nitrogen and oxygen atoms in total. The van der Waals surface area contributed by atoms with Gasteiger partial charge in [-0.2, -0.15) is 0 Å². The van der Waals surface area contributed by atoms with Crippen molar-refractivity contribution in [3.8, 4) is 11.5 Å². The van der Waals surface area contributed by atoms with E-state index < -0.39 is 0 Å². The zero-order valence-electron chi connectivity index (χ0n) is 15.7. The molecule has 148 valence electrons. The maximum Gasteiger partial charge on any atom is 0.409 e. The minimum absolute atomic E-state index is 0.238. The number of aromatic nitrogens is 2. The van der Waals surface area contributed by atoms with Crippen molar-refractivity contribution in [2.75, 3.05) is 37.1 Å². The minimum atomic E-state index is -0.238. The van der Waals surface area contributed by atoms with Crippen molar-refractivity contribution in [1.82, 2.24) is 14.9 Å². The van der Waals surface area contributed by atoms with Crippen LogP contribution >= 0.6 is 0 Å². The molecule has 28 heavy (non-hydrogen) atoms. The van der Waals surface area contributed by atoms with Gasteiger partial charge in [-0.25, -0.2) is 14.8 Å². The largest absolute Gasteiger partial charge is 0.454 e. The Morgan fingerprint density at radius 3 is 2.79 bits per heavy atom. The predicted octanol–water partition coefficient (Wildman–Crippen LogP) is 2.98. The van der Waals surface area contributed by atoms with E-state index in [2.05, 4.69) is 20.6 Å². The number of nitrogens with one attached hydrogen (secondary N) is 2. The minimum Gasteiger partial charge on any atom is -0.454 e. The van der Waals surface area contributed by atoms with Crippen molar-refractivity contribution in [2.24, 2.45) is 0 Å². The number of ether oxygens (including phenoxy) is 3. The number of carbonyl (C=O) groups excluding carboxylic acids is 1. The molecule has 1 aromatic heterocycles. The highest BCUT2D eigenvalue weighted by molar-refractivity contribution is 5.67. The highest BCUT2D eigenvalue weighted by Gasteiger charge is 2.23. The smallest absolute Gasteiger partial charge is 0.409 e. The average molecular weight is 385 g/mol. The lowest BCUT2D eigenvalue weighted by Crippen LogP contribution is -2.42. The van der Waals surface area contributed by atoms with Gasteiger partial charge in [-0.1, -0.05) is 0 Å². The fraction of sp³-hybridized carbons (Fsp3) is 0.421. The van der Waals surface area contributed by atoms with Crippen LogP contribution in [0.15, 0.2) is 30.6 Å². The van der Waals surface area contributed by atoms with Gasteiger partial charge >= 0.3 is 6.09 Å². The first-order valence-electron chi connectivity index (χ1n) is 9.38. The van der Waals surface area contributed by atoms with E-state index in [-0.39, 0.29) is 18.9 Å². The summed E-state index contributed by atoms with van der Waals surface area (Å²) in [5.74, 6) is 2.88. The summed E-state index contributed by atoms with van der Waals surface area (Å²) in [6.45, 7) is 3.80. The number of amides is 1. The second-order valence-corrected chi connectivity index (χ2v) is 6.59. The van der Waals surface area contributed by atoms with Crippen molar-refractivity contribution in [2.45, 2.75) is 25.8 Å². The number of nitrogens with zero attached hydrogens (tertiary/aromatic N) is 3. The lowest BCUT2D eigenvalue weighted by Gasteiger charge is -2.31. The van der Waals surface area contributed by atoms with Crippen molar-refractivity contribution in [3.05, 3.63) is 30.6 Å². The van der Waals surface area contributed by atoms with Gasteiger partial charge in [0.15, 0.2) is 11.5 Å². The van der Waals surface area contributed by atoms with Gasteiger partial charge in [0.05, 0.1) is 6.61 Å². The summed E-state index contributed by atoms with van der Waals surface area (Å²) >= 11 is 0. The van der Waals surface area contributed by atoms with Gasteiger partial charge in [0.1, 0.15) is 18.0 Å². The molecule has 2 aliphatic rings. The molecule has 1 saturated heterocycles. The normalized spacial score (nSPS) is 16.0. The van der Waals surface area contributed by atoms with Crippen LogP contribution in [0, 0.1) is 0 Å². The van der Waals surface area contributed by atoms with Crippen LogP contribution in [0.2, 0.25) is 0 Å². The number of carbonyl (C=O) groups is 1. The second-order valence-electron chi connectivity index (χ2n) is 6.59. The molecule has 0 atom stereocenters. The van der Waals surface area contributed by atoms with E-state index in [9.17, 15) is 4.79 Å². The van der Waals surface area contributed by atoms with Gasteiger partial charge in [-0.15, -0.1) is 0 Å². The molecular formula is C19H23N5O4. The molecule has 3 heterocycles. The topological polar surface area (TPSA) is 97.8 Å². The summed E-state index contributed by atoms with van der Waals surface area (Å²) in [5.41, 5.74) is 0.858. The van der Waals surface area contributed by atoms with Gasteiger partial charge in [-0.3, -0.25) is 0 Å². The summed E-state index contributed by atoms with van der Waals surface area (Å²) in [6, 6.07) is 7.76. The molecule has 2 N–H and O–H groups in total. The van der Waals surface area contributed by atoms with E-state index in [1.54, 1.807) is 4.90 Å². The molecule has 1 amide bonds. The number of anilines is 3. The summed E-state index contributed by atoms with van der Waals surface area (Å²) in [5, 5.41) is 6.68. The van der Waals surface area contributed by atoms with Gasteiger partial charge in [0, 0.05) is 37.0 Å². The third kappa shape index (κ3) is 4.19. The molecule has 1 aromatic carbocycles. The van der Waals surface area contributed by atoms with Crippen LogP contribution in [0.4, 0.5) is 22.1 Å². The molecular weight excluding hydrogens is 362 g/mol. The maximum absolute atomic E-state index is 11.8. The fourth-order valence-corrected chi connectivity index (χ4v) is 3.26. The summed E-state index contributed by atoms with van der Waals surface area (Å²) in [6.07, 6.45) is 2.96. The lowest BCUT2D eigenvalue weighted by atomic mass is 10.1. The molecule has 2 aliphatic heterocycles. The molecule has 0 saturated carbocycles. The summed E-state index contributed by atoms with van der Waals surface area (Å²) < 4.78 is 15.8. The van der Waals surface area contributed by atoms with E-state index in [0.29, 0.717) is 31.3 Å². The Balaban J connectivity index is 1.34. The highest BCUT2D eigenvalue weighted by Crippen LogP contribution is 2.35. The van der Waals surface area contributed by atoms with Crippen molar-refractivity contribution in [3.63, 3.8) is 0 Å². The molecule has 0 radical (unpaired) electrons. The molecule has 0 spiro atoms. The number of likely N-dealkylation sites (tertiary alicyclic amines) is 1. The molecule has 0 aliphatic carbocycles. The van der Waals surface area contributed by atoms with E-state index in [1.807, 2.05) is 31.2 Å². The molecule has 0 bridgehead atoms. The molecule has 1 fully saturated rings. The third-order valence-electron chi connectivity index (χ3n) is 4.69. The summed E-state index contributed by atoms with van der Waals surface area (Å²) in [7, 11) is 0. The zero-order valence-corrected chi connectivity index (χ0v) is 15.7. The quantitative estimate of drug-likeness (QED) is 0.811. The fourth-order valence-electron chi connectivity index (χ4n) is 3.26. The molecule has 9 heteroatoms. The number of hydrogen-bond acceptors (Lipinski definition) is 8. The summed E-state index contributed by atoms with van der Waals surface area (Å²) in [4.78, 5) is 22.1. The Labute approximate surface area is 163 Å². The molecule has 2 aromatic rings. The third-order valence-corrected chi connectivity index (χ3v) is 4.69. The van der Waals surface area contributed by atoms with Crippen molar-refractivity contribution >= 4 is 23.4 Å². The lowest BCUT2D eigenvalue weighted by molar-refractivity contribution is 0.0983. The number of fused-ring (bicyclic) bond motifs is 1. The zero-order chi connectivity index (χ0) is 19.3. The van der Waals surface area contributed by atoms with Gasteiger partial charge in [-0.05, 0) is 31.9 Å². The Hall–Kier alpha value is -3.23. The number of hydrogen-bond donors (Lipinski definition) is 2. The molecule has 4 rings (SSSR count). The van der Waals surface area contributed by atoms with E-state index >= 15 is 0 Å². The van der Waals surface area contributed by atoms with Crippen LogP contribution in [0.3, 0.4) is 0 Å². The van der Waals surface area contributed by atoms with Gasteiger partial charge in [0.25, 0.3) is 0 Å². The van der Waals surface area contributed by atoms with Gasteiger partial charge in [0.2, 0.25) is 6.79 Å². The monoisotopic (exact) mass is 385 g/mol. The number of piperidine rings is 1. The van der Waals surface area contributed by atoms with Crippen LogP contribution in [0.5, 0.6) is 11.5 Å². The second kappa shape index (κ2) is 8.20. The Morgan fingerprint density at radius 2 is 1.96 bits per heavy atom. The highest BCUT2D eigenvalue weighted by atomic mass is 16.7. The average Bonchev–Trinajstić information content (AvgIpc) is 3.17. The van der Waals surface area contributed by atoms with Crippen LogP contribution < -0.4 is 20.1 Å². The maximum atomic E-state index is 11.8. The standard InChI is InChI=1S/C19H23N5O4/c1-2-26-19(25)24-7-5-13(6-8-24)22-17-10-18(21-11-20-17)23-14-3-4-15-16(9-14)28-12-27-15/h3-4,9-11,13H,2,5-8,12H2,1H3,(H2,20,21,22,23). The number of rotatable bonds is 5. The van der Waals surface area contributed by atoms with E-state index in [0.717, 1.165) is 30.1 Å². The van der Waals surface area contributed by atoms with Crippen molar-refractivity contribution in [1.29, 1.82) is 0 Å². The number of benzene rings is 1. The molecule has 0 unspecified atom stereocenters. The van der Waals surface area contributed by atoms with Crippen LogP contribution in [-0.2, 0) is 4.74 Å². The SMILES string of the molecule is CCOC(=O)N1CCC(Nc2cc(Nc3ccc4c(c3)OCO4)ncn2)CC1. The Morgan fingerprint density at radius 1 is 1.18 bits per heavy atom. The van der Waals surface area contributed by atoms with Gasteiger partial charge < -0.3 is 29.7 Å². The van der Waals surface area contributed by atoms with Crippen molar-refractivity contribution < 1.29 is 19.0 Å². The Bertz CT molecular complexity index is 839. The van der Waals surface area contributed by atoms with E-state index in [1.165, 1.54) is 6.33 Å². The van der Waals surface area contributed by atoms with Crippen LogP contribution in [0.25, 0.3) is 0 Å². The van der Waals surface area contributed by atoms with Crippen LogP contribution in [0.1, 0.15) is 19.8 Å². The first-order valence-corrected chi connectivity index (χ1v) is 9.38. The Kier molecular flexibility index (Phi) is 5.31.